The smallest absolute Gasteiger partial charge is 0.369 e. The summed E-state index contributed by atoms with van der Waals surface area (Å²) in [5.41, 5.74) is 2.48. The zero-order valence-electron chi connectivity index (χ0n) is 18.4. The molecule has 0 aliphatic heterocycles. The van der Waals surface area contributed by atoms with Crippen molar-refractivity contribution in [2.75, 3.05) is 0 Å². The zero-order valence-corrected chi connectivity index (χ0v) is 19.2. The Morgan fingerprint density at radius 3 is 2.24 bits per heavy atom. The van der Waals surface area contributed by atoms with Gasteiger partial charge in [-0.15, -0.1) is 0 Å². The van der Waals surface area contributed by atoms with Gasteiger partial charge in [-0.05, 0) is 81.9 Å². The molecule has 4 aliphatic rings. The number of amides is 2. The maximum absolute atomic E-state index is 13.1. The van der Waals surface area contributed by atoms with E-state index in [0.717, 1.165) is 37.5 Å². The molecule has 0 heterocycles. The Bertz CT molecular complexity index is 1070. The normalized spacial score (nSPS) is 31.4. The van der Waals surface area contributed by atoms with Crippen molar-refractivity contribution in [2.45, 2.75) is 68.6 Å². The molecule has 4 fully saturated rings. The standard InChI is InChI=1S/C22H28F3N3O4S/c1-20(2,28-33(31,32)16-5-3-4-15(8-16)22(23,24)25)19(30)27-17-13-6-12-7-14(17)11-21(9-12,10-13)18(26)29/h3-5,8,12-14,17,28H,6-7,9-11H2,1-2H3,(H2,26,29)(H,27,30). The molecule has 4 saturated carbocycles. The van der Waals surface area contributed by atoms with Crippen LogP contribution in [0.25, 0.3) is 0 Å². The monoisotopic (exact) mass is 487 g/mol. The first-order valence-electron chi connectivity index (χ1n) is 11.0. The van der Waals surface area contributed by atoms with Crippen molar-refractivity contribution in [3.8, 4) is 0 Å². The van der Waals surface area contributed by atoms with Crippen LogP contribution in [0.15, 0.2) is 29.2 Å². The van der Waals surface area contributed by atoms with Gasteiger partial charge >= 0.3 is 6.18 Å². The Morgan fingerprint density at radius 2 is 1.70 bits per heavy atom. The van der Waals surface area contributed by atoms with Crippen molar-refractivity contribution in [3.63, 3.8) is 0 Å². The number of benzene rings is 1. The third kappa shape index (κ3) is 4.37. The number of rotatable bonds is 6. The second kappa shape index (κ2) is 7.69. The summed E-state index contributed by atoms with van der Waals surface area (Å²) in [6.45, 7) is 2.74. The van der Waals surface area contributed by atoms with Gasteiger partial charge in [0.25, 0.3) is 0 Å². The lowest BCUT2D eigenvalue weighted by atomic mass is 9.47. The van der Waals surface area contributed by atoms with Crippen LogP contribution in [0.4, 0.5) is 13.2 Å². The molecule has 2 unspecified atom stereocenters. The fourth-order valence-corrected chi connectivity index (χ4v) is 7.60. The molecule has 2 amide bonds. The maximum Gasteiger partial charge on any atom is 0.416 e. The molecule has 2 atom stereocenters. The van der Waals surface area contributed by atoms with E-state index in [1.807, 2.05) is 0 Å². The van der Waals surface area contributed by atoms with Gasteiger partial charge in [-0.2, -0.15) is 17.9 Å². The predicted octanol–water partition coefficient (Wildman–Crippen LogP) is 2.56. The van der Waals surface area contributed by atoms with Gasteiger partial charge in [-0.1, -0.05) is 6.07 Å². The van der Waals surface area contributed by atoms with Crippen LogP contribution in [0.5, 0.6) is 0 Å². The summed E-state index contributed by atoms with van der Waals surface area (Å²) >= 11 is 0. The van der Waals surface area contributed by atoms with Gasteiger partial charge in [0.05, 0.1) is 10.5 Å². The van der Waals surface area contributed by atoms with E-state index in [1.165, 1.54) is 13.8 Å². The van der Waals surface area contributed by atoms with Crippen LogP contribution in [-0.2, 0) is 25.8 Å². The molecule has 5 rings (SSSR count). The summed E-state index contributed by atoms with van der Waals surface area (Å²) in [7, 11) is -4.40. The lowest BCUT2D eigenvalue weighted by Crippen LogP contribution is -2.65. The second-order valence-corrected chi connectivity index (χ2v) is 12.1. The molecule has 4 bridgehead atoms. The molecular formula is C22H28F3N3O4S. The van der Waals surface area contributed by atoms with E-state index >= 15 is 0 Å². The van der Waals surface area contributed by atoms with Gasteiger partial charge in [0.1, 0.15) is 5.54 Å². The van der Waals surface area contributed by atoms with Gasteiger partial charge in [0, 0.05) is 11.5 Å². The molecule has 0 saturated heterocycles. The van der Waals surface area contributed by atoms with Crippen LogP contribution in [0.1, 0.15) is 51.5 Å². The summed E-state index contributed by atoms with van der Waals surface area (Å²) in [4.78, 5) is 24.6. The topological polar surface area (TPSA) is 118 Å². The highest BCUT2D eigenvalue weighted by Crippen LogP contribution is 2.59. The minimum Gasteiger partial charge on any atom is -0.369 e. The Hall–Kier alpha value is -2.14. The highest BCUT2D eigenvalue weighted by Gasteiger charge is 2.58. The average Bonchev–Trinajstić information content (AvgIpc) is 2.68. The molecule has 0 aromatic heterocycles. The van der Waals surface area contributed by atoms with E-state index in [-0.39, 0.29) is 23.8 Å². The number of hydrogen-bond acceptors (Lipinski definition) is 4. The zero-order chi connectivity index (χ0) is 24.4. The van der Waals surface area contributed by atoms with Crippen molar-refractivity contribution >= 4 is 21.8 Å². The van der Waals surface area contributed by atoms with E-state index in [1.54, 1.807) is 0 Å². The third-order valence-corrected chi connectivity index (χ3v) is 9.18. The highest BCUT2D eigenvalue weighted by molar-refractivity contribution is 7.89. The SMILES string of the molecule is CC(C)(NS(=O)(=O)c1cccc(C(F)(F)F)c1)C(=O)NC1C2CC3CC1CC(C(N)=O)(C3)C2. The minimum absolute atomic E-state index is 0.0866. The molecule has 0 radical (unpaired) electrons. The number of primary amides is 1. The second-order valence-electron chi connectivity index (χ2n) is 10.4. The Morgan fingerprint density at radius 1 is 1.09 bits per heavy atom. The molecule has 33 heavy (non-hydrogen) atoms. The van der Waals surface area contributed by atoms with Crippen molar-refractivity contribution < 1.29 is 31.2 Å². The first kappa shape index (κ1) is 24.0. The number of nitrogens with two attached hydrogens (primary N) is 1. The summed E-state index contributed by atoms with van der Waals surface area (Å²) in [5, 5.41) is 2.97. The molecule has 11 heteroatoms. The largest absolute Gasteiger partial charge is 0.416 e. The van der Waals surface area contributed by atoms with Crippen molar-refractivity contribution in [1.82, 2.24) is 10.0 Å². The first-order valence-corrected chi connectivity index (χ1v) is 12.4. The molecular weight excluding hydrogens is 459 g/mol. The highest BCUT2D eigenvalue weighted by atomic mass is 32.2. The Labute approximate surface area is 190 Å². The Balaban J connectivity index is 1.48. The van der Waals surface area contributed by atoms with Crippen LogP contribution in [0.2, 0.25) is 0 Å². The molecule has 4 aliphatic carbocycles. The van der Waals surface area contributed by atoms with E-state index < -0.39 is 43.5 Å². The fraction of sp³-hybridized carbons (Fsp3) is 0.636. The predicted molar refractivity (Wildman–Crippen MR) is 113 cm³/mol. The van der Waals surface area contributed by atoms with Gasteiger partial charge < -0.3 is 11.1 Å². The number of alkyl halides is 3. The Kier molecular flexibility index (Phi) is 5.59. The van der Waals surface area contributed by atoms with Gasteiger partial charge in [0.2, 0.25) is 21.8 Å². The number of carbonyl (C=O) groups is 2. The van der Waals surface area contributed by atoms with Crippen LogP contribution in [-0.4, -0.2) is 31.8 Å². The number of halogens is 3. The number of hydrogen-bond donors (Lipinski definition) is 3. The van der Waals surface area contributed by atoms with Crippen molar-refractivity contribution in [2.24, 2.45) is 28.9 Å². The maximum atomic E-state index is 13.1. The van der Waals surface area contributed by atoms with Crippen molar-refractivity contribution in [1.29, 1.82) is 0 Å². The van der Waals surface area contributed by atoms with Gasteiger partial charge in [-0.25, -0.2) is 8.42 Å². The summed E-state index contributed by atoms with van der Waals surface area (Å²) < 4.78 is 66.8. The summed E-state index contributed by atoms with van der Waals surface area (Å²) in [6.07, 6.45) is -0.925. The average molecular weight is 488 g/mol. The van der Waals surface area contributed by atoms with E-state index in [9.17, 15) is 31.2 Å². The number of sulfonamides is 1. The molecule has 4 N–H and O–H groups in total. The van der Waals surface area contributed by atoms with Gasteiger partial charge in [0.15, 0.2) is 0 Å². The quantitative estimate of drug-likeness (QED) is 0.572. The van der Waals surface area contributed by atoms with Crippen LogP contribution in [0, 0.1) is 23.2 Å². The first-order chi connectivity index (χ1) is 15.1. The number of carbonyl (C=O) groups excluding carboxylic acids is 2. The fourth-order valence-electron chi connectivity index (χ4n) is 6.17. The summed E-state index contributed by atoms with van der Waals surface area (Å²) in [5.74, 6) is -0.285. The summed E-state index contributed by atoms with van der Waals surface area (Å²) in [6, 6.07) is 3.18. The molecule has 1 aromatic carbocycles. The molecule has 0 spiro atoms. The lowest BCUT2D eigenvalue weighted by molar-refractivity contribution is -0.148. The van der Waals surface area contributed by atoms with E-state index in [4.69, 9.17) is 5.73 Å². The van der Waals surface area contributed by atoms with Gasteiger partial charge in [-0.3, -0.25) is 9.59 Å². The molecule has 1 aromatic rings. The van der Waals surface area contributed by atoms with Crippen LogP contribution >= 0.6 is 0 Å². The van der Waals surface area contributed by atoms with Crippen LogP contribution in [0.3, 0.4) is 0 Å². The van der Waals surface area contributed by atoms with E-state index in [0.29, 0.717) is 24.8 Å². The number of nitrogens with one attached hydrogen (secondary N) is 2. The van der Waals surface area contributed by atoms with Crippen LogP contribution < -0.4 is 15.8 Å². The molecule has 7 nitrogen and oxygen atoms in total. The third-order valence-electron chi connectivity index (χ3n) is 7.52. The lowest BCUT2D eigenvalue weighted by Gasteiger charge is -2.59. The minimum atomic E-state index is -4.69. The van der Waals surface area contributed by atoms with Crippen molar-refractivity contribution in [3.05, 3.63) is 29.8 Å². The van der Waals surface area contributed by atoms with E-state index in [2.05, 4.69) is 10.0 Å². The molecule has 182 valence electrons.